The Morgan fingerprint density at radius 3 is 2.02 bits per heavy atom. The number of fused-ring (bicyclic) bond motifs is 3. The van der Waals surface area contributed by atoms with Crippen molar-refractivity contribution in [1.82, 2.24) is 0 Å². The second-order valence-corrected chi connectivity index (χ2v) is 14.1. The highest BCUT2D eigenvalue weighted by Crippen LogP contribution is 2.70. The summed E-state index contributed by atoms with van der Waals surface area (Å²) in [7, 11) is 0. The molecule has 2 fully saturated rings. The van der Waals surface area contributed by atoms with E-state index < -0.39 is 106 Å². The molecule has 2 saturated carbocycles. The fourth-order valence-corrected chi connectivity index (χ4v) is 9.02. The number of esters is 1. The third kappa shape index (κ3) is 5.29. The molecule has 2 bridgehead atoms. The van der Waals surface area contributed by atoms with E-state index in [0.717, 1.165) is 6.08 Å². The van der Waals surface area contributed by atoms with Crippen molar-refractivity contribution < 1.29 is 64.5 Å². The summed E-state index contributed by atoms with van der Waals surface area (Å²) in [4.78, 5) is 64.1. The molecule has 13 nitrogen and oxygen atoms in total. The quantitative estimate of drug-likeness (QED) is 0.114. The van der Waals surface area contributed by atoms with E-state index >= 15 is 0 Å². The van der Waals surface area contributed by atoms with Crippen LogP contribution in [-0.2, 0) is 28.7 Å². The van der Waals surface area contributed by atoms with E-state index in [-0.39, 0.29) is 24.0 Å². The molecule has 0 radical (unpaired) electrons. The number of carbonyl (C=O) groups excluding carboxylic acids is 2. The number of ketones is 1. The van der Waals surface area contributed by atoms with Crippen molar-refractivity contribution in [2.75, 3.05) is 0 Å². The van der Waals surface area contributed by atoms with Crippen molar-refractivity contribution in [3.63, 3.8) is 0 Å². The van der Waals surface area contributed by atoms with Crippen molar-refractivity contribution in [3.8, 4) is 0 Å². The molecule has 0 amide bonds. The zero-order valence-electron chi connectivity index (χ0n) is 27.2. The minimum Gasteiger partial charge on any atom is -0.481 e. The average Bonchev–Trinajstić information content (AvgIpc) is 2.95. The number of hydrogen-bond donors (Lipinski definition) is 7. The molecule has 0 aliphatic heterocycles. The van der Waals surface area contributed by atoms with Crippen LogP contribution in [0.3, 0.4) is 0 Å². The summed E-state index contributed by atoms with van der Waals surface area (Å²) < 4.78 is 5.69. The number of rotatable bonds is 9. The molecule has 0 unspecified atom stereocenters. The Labute approximate surface area is 276 Å². The maximum absolute atomic E-state index is 13.6. The van der Waals surface area contributed by atoms with Gasteiger partial charge >= 0.3 is 23.9 Å². The van der Waals surface area contributed by atoms with Crippen LogP contribution in [0.1, 0.15) is 71.8 Å². The third-order valence-corrected chi connectivity index (χ3v) is 11.2. The summed E-state index contributed by atoms with van der Waals surface area (Å²) >= 11 is 0. The lowest BCUT2D eigenvalue weighted by molar-refractivity contribution is -0.308. The predicted molar refractivity (Wildman–Crippen MR) is 168 cm³/mol. The van der Waals surface area contributed by atoms with Crippen LogP contribution >= 0.6 is 0 Å². The topological polar surface area (TPSA) is 236 Å². The van der Waals surface area contributed by atoms with Crippen molar-refractivity contribution in [2.24, 2.45) is 16.7 Å². The van der Waals surface area contributed by atoms with Gasteiger partial charge in [-0.15, -0.1) is 0 Å². The lowest BCUT2D eigenvalue weighted by Crippen LogP contribution is -2.81. The SMILES string of the molecule is C=C1[C@@H](OC(=O)/C=C/c2ccccc2)CC[C@]2(C)[C@@H]1[C@@](O)(CC(=O)O)[C@]1(O)CC(=O)C(C)=C(C1(C)C)[C@](O)(CC(=O)O)[C@@]2(O)CC(=O)O. The third-order valence-electron chi connectivity index (χ3n) is 11.2. The molecule has 7 atom stereocenters. The second kappa shape index (κ2) is 12.1. The zero-order chi connectivity index (χ0) is 36.3. The van der Waals surface area contributed by atoms with Gasteiger partial charge in [0.05, 0.1) is 19.3 Å². The van der Waals surface area contributed by atoms with Gasteiger partial charge < -0.3 is 40.5 Å². The first-order valence-electron chi connectivity index (χ1n) is 15.4. The smallest absolute Gasteiger partial charge is 0.331 e. The minimum absolute atomic E-state index is 0.191. The maximum Gasteiger partial charge on any atom is 0.331 e. The van der Waals surface area contributed by atoms with Crippen LogP contribution in [0.2, 0.25) is 0 Å². The van der Waals surface area contributed by atoms with Crippen LogP contribution in [0.5, 0.6) is 0 Å². The Morgan fingerprint density at radius 2 is 1.48 bits per heavy atom. The van der Waals surface area contributed by atoms with Crippen molar-refractivity contribution in [2.45, 2.75) is 94.7 Å². The molecule has 13 heteroatoms. The normalized spacial score (nSPS) is 36.2. The van der Waals surface area contributed by atoms with Gasteiger partial charge in [0.1, 0.15) is 28.5 Å². The number of allylic oxidation sites excluding steroid dienone is 1. The standard InChI is InChI=1S/C35H42O13/c1-19-22(36)15-34(46)30(3,4)28(19)32(44,16-24(37)38)35(47,18-26(41)42)31(5)14-13-23(20(2)29(31)33(34,45)17-25(39)40)48-27(43)12-11-21-9-7-6-8-10-21/h6-12,23,29,44-47H,2,13-18H2,1,3-5H3,(H,37,38)(H,39,40)(H,41,42)/b12-11+/t23-,29+,31+,32+,33-,34-,35+/m0/s1. The van der Waals surface area contributed by atoms with Crippen LogP contribution < -0.4 is 0 Å². The van der Waals surface area contributed by atoms with Crippen molar-refractivity contribution in [3.05, 3.63) is 65.3 Å². The minimum atomic E-state index is -3.07. The molecule has 48 heavy (non-hydrogen) atoms. The Bertz CT molecular complexity index is 1630. The molecule has 260 valence electrons. The highest BCUT2D eigenvalue weighted by Gasteiger charge is 2.79. The molecular formula is C35H42O13. The van der Waals surface area contributed by atoms with Gasteiger partial charge in [-0.3, -0.25) is 19.2 Å². The molecule has 7 N–H and O–H groups in total. The number of ether oxygens (including phenoxy) is 1. The summed E-state index contributed by atoms with van der Waals surface area (Å²) in [5.74, 6) is -8.69. The van der Waals surface area contributed by atoms with E-state index in [0.29, 0.717) is 5.56 Å². The monoisotopic (exact) mass is 670 g/mol. The van der Waals surface area contributed by atoms with Gasteiger partial charge in [0, 0.05) is 29.2 Å². The van der Waals surface area contributed by atoms with Gasteiger partial charge in [-0.25, -0.2) is 4.79 Å². The number of carboxylic acid groups (broad SMARTS) is 3. The number of aliphatic hydroxyl groups is 4. The summed E-state index contributed by atoms with van der Waals surface area (Å²) in [5, 5.41) is 81.4. The lowest BCUT2D eigenvalue weighted by atomic mass is 9.37. The van der Waals surface area contributed by atoms with Gasteiger partial charge in [-0.1, -0.05) is 57.7 Å². The first-order valence-corrected chi connectivity index (χ1v) is 15.4. The highest BCUT2D eigenvalue weighted by molar-refractivity contribution is 5.99. The fourth-order valence-electron chi connectivity index (χ4n) is 9.02. The molecule has 4 rings (SSSR count). The van der Waals surface area contributed by atoms with Crippen LogP contribution in [-0.4, -0.2) is 93.9 Å². The molecule has 3 aliphatic carbocycles. The van der Waals surface area contributed by atoms with Gasteiger partial charge in [-0.05, 0) is 48.1 Å². The number of carbonyl (C=O) groups is 5. The van der Waals surface area contributed by atoms with E-state index in [2.05, 4.69) is 6.58 Å². The average molecular weight is 671 g/mol. The van der Waals surface area contributed by atoms with E-state index in [1.807, 2.05) is 0 Å². The van der Waals surface area contributed by atoms with Crippen LogP contribution in [0.15, 0.2) is 59.7 Å². The summed E-state index contributed by atoms with van der Waals surface area (Å²) in [5.41, 5.74) is -16.5. The number of carboxylic acids is 3. The molecular weight excluding hydrogens is 628 g/mol. The van der Waals surface area contributed by atoms with Gasteiger partial charge in [0.25, 0.3) is 0 Å². The van der Waals surface area contributed by atoms with Crippen LogP contribution in [0.25, 0.3) is 6.08 Å². The molecule has 0 saturated heterocycles. The van der Waals surface area contributed by atoms with E-state index in [9.17, 15) is 59.7 Å². The maximum atomic E-state index is 13.6. The summed E-state index contributed by atoms with van der Waals surface area (Å²) in [6.45, 7) is 8.99. The van der Waals surface area contributed by atoms with Crippen LogP contribution in [0, 0.1) is 16.7 Å². The molecule has 0 heterocycles. The Morgan fingerprint density at radius 1 is 0.917 bits per heavy atom. The summed E-state index contributed by atoms with van der Waals surface area (Å²) in [6, 6.07) is 8.75. The number of benzene rings is 1. The highest BCUT2D eigenvalue weighted by atomic mass is 16.5. The van der Waals surface area contributed by atoms with Crippen molar-refractivity contribution >= 4 is 35.7 Å². The number of hydrogen-bond acceptors (Lipinski definition) is 10. The molecule has 3 aliphatic rings. The van der Waals surface area contributed by atoms with E-state index in [4.69, 9.17) is 4.74 Å². The Kier molecular flexibility index (Phi) is 9.21. The lowest BCUT2D eigenvalue weighted by Gasteiger charge is -2.70. The molecule has 1 aromatic rings. The van der Waals surface area contributed by atoms with Crippen molar-refractivity contribution in [1.29, 1.82) is 0 Å². The second-order valence-electron chi connectivity index (χ2n) is 14.1. The van der Waals surface area contributed by atoms with Gasteiger partial charge in [-0.2, -0.15) is 0 Å². The Balaban J connectivity index is 2.05. The first kappa shape index (κ1) is 36.7. The Hall–Kier alpha value is -4.17. The van der Waals surface area contributed by atoms with E-state index in [1.54, 1.807) is 30.3 Å². The van der Waals surface area contributed by atoms with E-state index in [1.165, 1.54) is 33.8 Å². The van der Waals surface area contributed by atoms with Gasteiger partial charge in [0.15, 0.2) is 5.78 Å². The molecule has 0 spiro atoms. The first-order chi connectivity index (χ1) is 22.0. The van der Waals surface area contributed by atoms with Gasteiger partial charge in [0.2, 0.25) is 0 Å². The molecule has 1 aromatic carbocycles. The zero-order valence-corrected chi connectivity index (χ0v) is 27.2. The van der Waals surface area contributed by atoms with Crippen LogP contribution in [0.4, 0.5) is 0 Å². The largest absolute Gasteiger partial charge is 0.481 e. The fraction of sp³-hybridized carbons (Fsp3) is 0.514. The number of aliphatic carboxylic acids is 3. The predicted octanol–water partition coefficient (Wildman–Crippen LogP) is 2.26. The summed E-state index contributed by atoms with van der Waals surface area (Å²) in [6.07, 6.45) is -4.08. The molecule has 0 aromatic heterocycles. The number of Topliss-reactive ketones (excluding diaryl/α,β-unsaturated/α-hetero) is 1.